The fourth-order valence-electron chi connectivity index (χ4n) is 2.92. The van der Waals surface area contributed by atoms with Gasteiger partial charge in [0, 0.05) is 23.1 Å². The zero-order valence-corrected chi connectivity index (χ0v) is 12.9. The van der Waals surface area contributed by atoms with Crippen molar-refractivity contribution in [1.29, 1.82) is 0 Å². The predicted molar refractivity (Wildman–Crippen MR) is 80.5 cm³/mol. The fourth-order valence-corrected chi connectivity index (χ4v) is 3.18. The third-order valence-corrected chi connectivity index (χ3v) is 4.61. The molecule has 1 fully saturated rings. The summed E-state index contributed by atoms with van der Waals surface area (Å²) in [6, 6.07) is 9.60. The molecule has 3 heteroatoms. The number of likely N-dealkylation sites (tertiary alicyclic amines) is 1. The Kier molecular flexibility index (Phi) is 4.82. The average molecular weight is 311 g/mol. The van der Waals surface area contributed by atoms with Crippen LogP contribution in [-0.4, -0.2) is 24.0 Å². The lowest BCUT2D eigenvalue weighted by Crippen LogP contribution is -2.31. The van der Waals surface area contributed by atoms with Gasteiger partial charge in [-0.15, -0.1) is 0 Å². The van der Waals surface area contributed by atoms with Crippen LogP contribution in [0.5, 0.6) is 0 Å². The molecule has 1 aromatic carbocycles. The number of nitrogens with two attached hydrogens (primary N) is 1. The Morgan fingerprint density at radius 3 is 2.56 bits per heavy atom. The first-order valence-electron chi connectivity index (χ1n) is 6.87. The summed E-state index contributed by atoms with van der Waals surface area (Å²) >= 11 is 3.50. The fraction of sp³-hybridized carbons (Fsp3) is 0.600. The Balaban J connectivity index is 2.08. The maximum Gasteiger partial charge on any atom is 0.0345 e. The second-order valence-electron chi connectivity index (χ2n) is 5.38. The second kappa shape index (κ2) is 6.18. The molecule has 1 aromatic rings. The van der Waals surface area contributed by atoms with Crippen LogP contribution in [0.15, 0.2) is 28.7 Å². The van der Waals surface area contributed by atoms with Crippen molar-refractivity contribution in [2.75, 3.05) is 13.1 Å². The summed E-state index contributed by atoms with van der Waals surface area (Å²) in [7, 11) is 0. The van der Waals surface area contributed by atoms with Crippen molar-refractivity contribution in [3.63, 3.8) is 0 Å². The van der Waals surface area contributed by atoms with Gasteiger partial charge in [-0.3, -0.25) is 4.90 Å². The van der Waals surface area contributed by atoms with Crippen LogP contribution in [0, 0.1) is 5.92 Å². The highest BCUT2D eigenvalue weighted by atomic mass is 79.9. The summed E-state index contributed by atoms with van der Waals surface area (Å²) in [6.45, 7) is 6.73. The Bertz CT molecular complexity index is 375. The number of hydrogen-bond donors (Lipinski definition) is 1. The van der Waals surface area contributed by atoms with Gasteiger partial charge in [-0.2, -0.15) is 0 Å². The van der Waals surface area contributed by atoms with E-state index in [1.54, 1.807) is 0 Å². The first kappa shape index (κ1) is 14.0. The van der Waals surface area contributed by atoms with Crippen LogP contribution >= 0.6 is 15.9 Å². The molecule has 0 bridgehead atoms. The SMILES string of the molecule is CCC(c1ccc(Br)cc1)N1CCC(C(C)N)C1. The van der Waals surface area contributed by atoms with Crippen LogP contribution in [0.1, 0.15) is 38.3 Å². The van der Waals surface area contributed by atoms with Gasteiger partial charge in [0.2, 0.25) is 0 Å². The Morgan fingerprint density at radius 2 is 2.06 bits per heavy atom. The lowest BCUT2D eigenvalue weighted by atomic mass is 10.0. The average Bonchev–Trinajstić information content (AvgIpc) is 2.82. The highest BCUT2D eigenvalue weighted by molar-refractivity contribution is 9.10. The summed E-state index contributed by atoms with van der Waals surface area (Å²) in [5, 5.41) is 0. The maximum atomic E-state index is 6.03. The topological polar surface area (TPSA) is 29.3 Å². The number of halogens is 1. The lowest BCUT2D eigenvalue weighted by Gasteiger charge is -2.28. The number of benzene rings is 1. The molecule has 0 saturated carbocycles. The van der Waals surface area contributed by atoms with Crippen molar-refractivity contribution >= 4 is 15.9 Å². The Hall–Kier alpha value is -0.380. The van der Waals surface area contributed by atoms with Gasteiger partial charge in [0.25, 0.3) is 0 Å². The number of nitrogens with zero attached hydrogens (tertiary/aromatic N) is 1. The van der Waals surface area contributed by atoms with Gasteiger partial charge in [-0.05, 0) is 49.9 Å². The summed E-state index contributed by atoms with van der Waals surface area (Å²) in [5.74, 6) is 0.662. The standard InChI is InChI=1S/C15H23BrN2/c1-3-15(12-4-6-14(16)7-5-12)18-9-8-13(10-18)11(2)17/h4-7,11,13,15H,3,8-10,17H2,1-2H3. The van der Waals surface area contributed by atoms with E-state index in [0.29, 0.717) is 18.0 Å². The van der Waals surface area contributed by atoms with E-state index < -0.39 is 0 Å². The molecule has 2 N–H and O–H groups in total. The van der Waals surface area contributed by atoms with Crippen molar-refractivity contribution in [1.82, 2.24) is 4.90 Å². The van der Waals surface area contributed by atoms with Gasteiger partial charge >= 0.3 is 0 Å². The Labute approximate surface area is 119 Å². The van der Waals surface area contributed by atoms with Gasteiger partial charge in [0.15, 0.2) is 0 Å². The van der Waals surface area contributed by atoms with Crippen molar-refractivity contribution in [3.8, 4) is 0 Å². The third-order valence-electron chi connectivity index (χ3n) is 4.08. The minimum Gasteiger partial charge on any atom is -0.328 e. The minimum absolute atomic E-state index is 0.317. The first-order chi connectivity index (χ1) is 8.61. The van der Waals surface area contributed by atoms with Gasteiger partial charge in [0.1, 0.15) is 0 Å². The predicted octanol–water partition coefficient (Wildman–Crippen LogP) is 3.57. The highest BCUT2D eigenvalue weighted by Crippen LogP contribution is 2.31. The molecule has 1 saturated heterocycles. The molecule has 0 spiro atoms. The van der Waals surface area contributed by atoms with Crippen molar-refractivity contribution in [2.24, 2.45) is 11.7 Å². The van der Waals surface area contributed by atoms with E-state index in [1.165, 1.54) is 18.5 Å². The number of rotatable bonds is 4. The molecule has 0 radical (unpaired) electrons. The molecule has 2 rings (SSSR count). The van der Waals surface area contributed by atoms with E-state index in [0.717, 1.165) is 17.4 Å². The third kappa shape index (κ3) is 3.14. The van der Waals surface area contributed by atoms with E-state index in [-0.39, 0.29) is 0 Å². The summed E-state index contributed by atoms with van der Waals surface area (Å²) in [4.78, 5) is 2.59. The summed E-state index contributed by atoms with van der Waals surface area (Å²) in [6.07, 6.45) is 2.40. The zero-order chi connectivity index (χ0) is 13.1. The van der Waals surface area contributed by atoms with Crippen LogP contribution in [0.3, 0.4) is 0 Å². The van der Waals surface area contributed by atoms with Crippen molar-refractivity contribution < 1.29 is 0 Å². The van der Waals surface area contributed by atoms with Gasteiger partial charge < -0.3 is 5.73 Å². The highest BCUT2D eigenvalue weighted by Gasteiger charge is 2.29. The van der Waals surface area contributed by atoms with Crippen molar-refractivity contribution in [2.45, 2.75) is 38.8 Å². The molecule has 18 heavy (non-hydrogen) atoms. The molecule has 3 atom stereocenters. The van der Waals surface area contributed by atoms with E-state index in [4.69, 9.17) is 5.73 Å². The second-order valence-corrected chi connectivity index (χ2v) is 6.29. The van der Waals surface area contributed by atoms with Crippen LogP contribution in [0.25, 0.3) is 0 Å². The van der Waals surface area contributed by atoms with Crippen LogP contribution < -0.4 is 5.73 Å². The molecule has 2 nitrogen and oxygen atoms in total. The number of hydrogen-bond acceptors (Lipinski definition) is 2. The molecule has 0 amide bonds. The summed E-state index contributed by atoms with van der Waals surface area (Å²) < 4.78 is 1.15. The molecular weight excluding hydrogens is 288 g/mol. The van der Waals surface area contributed by atoms with E-state index in [1.807, 2.05) is 0 Å². The van der Waals surface area contributed by atoms with Crippen molar-refractivity contribution in [3.05, 3.63) is 34.3 Å². The normalized spacial score (nSPS) is 24.1. The van der Waals surface area contributed by atoms with Crippen LogP contribution in [0.4, 0.5) is 0 Å². The first-order valence-corrected chi connectivity index (χ1v) is 7.66. The Morgan fingerprint density at radius 1 is 1.39 bits per heavy atom. The molecule has 1 heterocycles. The van der Waals surface area contributed by atoms with Gasteiger partial charge in [-0.25, -0.2) is 0 Å². The molecule has 0 aromatic heterocycles. The van der Waals surface area contributed by atoms with E-state index in [9.17, 15) is 0 Å². The quantitative estimate of drug-likeness (QED) is 0.921. The largest absolute Gasteiger partial charge is 0.328 e. The molecule has 1 aliphatic rings. The maximum absolute atomic E-state index is 6.03. The molecule has 100 valence electrons. The molecule has 1 aliphatic heterocycles. The lowest BCUT2D eigenvalue weighted by molar-refractivity contribution is 0.227. The van der Waals surface area contributed by atoms with E-state index >= 15 is 0 Å². The summed E-state index contributed by atoms with van der Waals surface area (Å²) in [5.41, 5.74) is 7.45. The molecule has 3 unspecified atom stereocenters. The van der Waals surface area contributed by atoms with Gasteiger partial charge in [-0.1, -0.05) is 35.0 Å². The van der Waals surface area contributed by atoms with Crippen LogP contribution in [0.2, 0.25) is 0 Å². The zero-order valence-electron chi connectivity index (χ0n) is 11.3. The molecule has 0 aliphatic carbocycles. The minimum atomic E-state index is 0.317. The van der Waals surface area contributed by atoms with Crippen LogP contribution in [-0.2, 0) is 0 Å². The van der Waals surface area contributed by atoms with E-state index in [2.05, 4.69) is 58.9 Å². The monoisotopic (exact) mass is 310 g/mol. The van der Waals surface area contributed by atoms with Gasteiger partial charge in [0.05, 0.1) is 0 Å². The molecular formula is C15H23BrN2. The smallest absolute Gasteiger partial charge is 0.0345 e.